The van der Waals surface area contributed by atoms with E-state index < -0.39 is 0 Å². The van der Waals surface area contributed by atoms with Gasteiger partial charge >= 0.3 is 0 Å². The highest BCUT2D eigenvalue weighted by molar-refractivity contribution is 7.13. The normalized spacial score (nSPS) is 10.7. The SMILES string of the molecule is Cc1cc(C)nc(Nc2nc(CC(=O)NC(C)C)cs2)n1. The summed E-state index contributed by atoms with van der Waals surface area (Å²) in [5.41, 5.74) is 2.54. The number of carbonyl (C=O) groups is 1. The van der Waals surface area contributed by atoms with Crippen LogP contribution < -0.4 is 10.6 Å². The van der Waals surface area contributed by atoms with Crippen LogP contribution in [0.5, 0.6) is 0 Å². The lowest BCUT2D eigenvalue weighted by molar-refractivity contribution is -0.120. The minimum Gasteiger partial charge on any atom is -0.354 e. The summed E-state index contributed by atoms with van der Waals surface area (Å²) in [4.78, 5) is 24.7. The highest BCUT2D eigenvalue weighted by Crippen LogP contribution is 2.19. The van der Waals surface area contributed by atoms with Gasteiger partial charge in [-0.05, 0) is 33.8 Å². The van der Waals surface area contributed by atoms with Gasteiger partial charge in [-0.15, -0.1) is 11.3 Å². The van der Waals surface area contributed by atoms with Crippen molar-refractivity contribution in [1.82, 2.24) is 20.3 Å². The van der Waals surface area contributed by atoms with Crippen LogP contribution in [0, 0.1) is 13.8 Å². The van der Waals surface area contributed by atoms with Crippen molar-refractivity contribution in [2.45, 2.75) is 40.2 Å². The second-order valence-corrected chi connectivity index (χ2v) is 6.00. The second kappa shape index (κ2) is 6.62. The van der Waals surface area contributed by atoms with E-state index in [1.54, 1.807) is 0 Å². The molecule has 0 radical (unpaired) electrons. The van der Waals surface area contributed by atoms with Crippen LogP contribution in [0.25, 0.3) is 0 Å². The fourth-order valence-electron chi connectivity index (χ4n) is 1.86. The zero-order valence-electron chi connectivity index (χ0n) is 12.6. The Labute approximate surface area is 128 Å². The predicted molar refractivity (Wildman–Crippen MR) is 83.9 cm³/mol. The number of rotatable bonds is 5. The van der Waals surface area contributed by atoms with Crippen molar-refractivity contribution in [3.05, 3.63) is 28.5 Å². The lowest BCUT2D eigenvalue weighted by atomic mass is 10.3. The van der Waals surface area contributed by atoms with Crippen LogP contribution in [-0.2, 0) is 11.2 Å². The molecule has 21 heavy (non-hydrogen) atoms. The van der Waals surface area contributed by atoms with Crippen LogP contribution in [0.1, 0.15) is 30.9 Å². The van der Waals surface area contributed by atoms with Crippen LogP contribution in [0.4, 0.5) is 11.1 Å². The average molecular weight is 305 g/mol. The molecule has 112 valence electrons. The third-order valence-corrected chi connectivity index (χ3v) is 3.35. The molecular formula is C14H19N5OS. The molecule has 0 bridgehead atoms. The molecule has 0 unspecified atom stereocenters. The van der Waals surface area contributed by atoms with Gasteiger partial charge in [0.2, 0.25) is 11.9 Å². The maximum absolute atomic E-state index is 11.7. The highest BCUT2D eigenvalue weighted by Gasteiger charge is 2.09. The van der Waals surface area contributed by atoms with Gasteiger partial charge in [0.05, 0.1) is 12.1 Å². The van der Waals surface area contributed by atoms with Gasteiger partial charge in [0.25, 0.3) is 0 Å². The van der Waals surface area contributed by atoms with Crippen molar-refractivity contribution in [1.29, 1.82) is 0 Å². The number of aromatic nitrogens is 3. The van der Waals surface area contributed by atoms with E-state index in [0.717, 1.165) is 17.1 Å². The first-order valence-corrected chi connectivity index (χ1v) is 7.63. The Morgan fingerprint density at radius 3 is 2.52 bits per heavy atom. The number of nitrogens with one attached hydrogen (secondary N) is 2. The summed E-state index contributed by atoms with van der Waals surface area (Å²) in [5, 5.41) is 8.47. The zero-order chi connectivity index (χ0) is 15.4. The fraction of sp³-hybridized carbons (Fsp3) is 0.429. The van der Waals surface area contributed by atoms with E-state index in [0.29, 0.717) is 11.1 Å². The van der Waals surface area contributed by atoms with E-state index in [1.165, 1.54) is 11.3 Å². The molecule has 0 atom stereocenters. The minimum absolute atomic E-state index is 0.0236. The largest absolute Gasteiger partial charge is 0.354 e. The van der Waals surface area contributed by atoms with Crippen molar-refractivity contribution in [3.63, 3.8) is 0 Å². The van der Waals surface area contributed by atoms with Crippen molar-refractivity contribution in [3.8, 4) is 0 Å². The van der Waals surface area contributed by atoms with Gasteiger partial charge in [-0.25, -0.2) is 15.0 Å². The fourth-order valence-corrected chi connectivity index (χ4v) is 2.56. The Balaban J connectivity index is 2.01. The molecule has 2 N–H and O–H groups in total. The molecule has 2 aromatic rings. The smallest absolute Gasteiger partial charge is 0.229 e. The van der Waals surface area contributed by atoms with Crippen molar-refractivity contribution < 1.29 is 4.79 Å². The Morgan fingerprint density at radius 1 is 1.24 bits per heavy atom. The van der Waals surface area contributed by atoms with E-state index in [-0.39, 0.29) is 18.4 Å². The first kappa shape index (κ1) is 15.4. The summed E-state index contributed by atoms with van der Waals surface area (Å²) in [7, 11) is 0. The summed E-state index contributed by atoms with van der Waals surface area (Å²) in [6.07, 6.45) is 0.282. The molecule has 0 aromatic carbocycles. The van der Waals surface area contributed by atoms with E-state index in [1.807, 2.05) is 39.1 Å². The second-order valence-electron chi connectivity index (χ2n) is 5.14. The van der Waals surface area contributed by atoms with Gasteiger partial charge in [-0.3, -0.25) is 4.79 Å². The maximum atomic E-state index is 11.7. The number of aryl methyl sites for hydroxylation is 2. The van der Waals surface area contributed by atoms with Crippen LogP contribution in [-0.4, -0.2) is 26.9 Å². The maximum Gasteiger partial charge on any atom is 0.229 e. The molecule has 2 aromatic heterocycles. The van der Waals surface area contributed by atoms with Crippen LogP contribution in [0.2, 0.25) is 0 Å². The lowest BCUT2D eigenvalue weighted by Crippen LogP contribution is -2.31. The molecule has 0 aliphatic heterocycles. The quantitative estimate of drug-likeness (QED) is 0.886. The Kier molecular flexibility index (Phi) is 4.85. The van der Waals surface area contributed by atoms with Crippen LogP contribution in [0.15, 0.2) is 11.4 Å². The lowest BCUT2D eigenvalue weighted by Gasteiger charge is -2.06. The van der Waals surface area contributed by atoms with Gasteiger partial charge in [-0.2, -0.15) is 0 Å². The molecule has 0 saturated heterocycles. The third-order valence-electron chi connectivity index (χ3n) is 2.54. The van der Waals surface area contributed by atoms with E-state index >= 15 is 0 Å². The molecule has 2 rings (SSSR count). The number of carbonyl (C=O) groups excluding carboxylic acids is 1. The molecule has 0 saturated carbocycles. The molecule has 1 amide bonds. The molecule has 0 spiro atoms. The number of amides is 1. The van der Waals surface area contributed by atoms with E-state index in [4.69, 9.17) is 0 Å². The molecule has 0 fully saturated rings. The van der Waals surface area contributed by atoms with E-state index in [2.05, 4.69) is 25.6 Å². The topological polar surface area (TPSA) is 79.8 Å². The molecule has 0 aliphatic carbocycles. The summed E-state index contributed by atoms with van der Waals surface area (Å²) in [5.74, 6) is 0.504. The van der Waals surface area contributed by atoms with Gasteiger partial charge in [0.15, 0.2) is 5.13 Å². The molecule has 6 nitrogen and oxygen atoms in total. The third kappa shape index (κ3) is 4.78. The van der Waals surface area contributed by atoms with E-state index in [9.17, 15) is 4.79 Å². The number of anilines is 2. The summed E-state index contributed by atoms with van der Waals surface area (Å²) < 4.78 is 0. The van der Waals surface area contributed by atoms with Crippen LogP contribution in [0.3, 0.4) is 0 Å². The van der Waals surface area contributed by atoms with Crippen LogP contribution >= 0.6 is 11.3 Å². The predicted octanol–water partition coefficient (Wildman–Crippen LogP) is 2.36. The number of hydrogen-bond acceptors (Lipinski definition) is 6. The minimum atomic E-state index is -0.0236. The van der Waals surface area contributed by atoms with Gasteiger partial charge in [0, 0.05) is 22.8 Å². The average Bonchev–Trinajstić information content (AvgIpc) is 2.73. The summed E-state index contributed by atoms with van der Waals surface area (Å²) >= 11 is 1.43. The zero-order valence-corrected chi connectivity index (χ0v) is 13.4. The summed E-state index contributed by atoms with van der Waals surface area (Å²) in [6, 6.07) is 2.05. The summed E-state index contributed by atoms with van der Waals surface area (Å²) in [6.45, 7) is 7.71. The van der Waals surface area contributed by atoms with Gasteiger partial charge in [0.1, 0.15) is 0 Å². The van der Waals surface area contributed by atoms with Crippen molar-refractivity contribution in [2.24, 2.45) is 0 Å². The van der Waals surface area contributed by atoms with Crippen molar-refractivity contribution >= 4 is 28.3 Å². The highest BCUT2D eigenvalue weighted by atomic mass is 32.1. The Bertz CT molecular complexity index is 618. The Morgan fingerprint density at radius 2 is 1.90 bits per heavy atom. The monoisotopic (exact) mass is 305 g/mol. The number of hydrogen-bond donors (Lipinski definition) is 2. The Hall–Kier alpha value is -2.02. The van der Waals surface area contributed by atoms with Gasteiger partial charge in [-0.1, -0.05) is 0 Å². The first-order valence-electron chi connectivity index (χ1n) is 6.75. The molecular weight excluding hydrogens is 286 g/mol. The number of nitrogens with zero attached hydrogens (tertiary/aromatic N) is 3. The molecule has 0 aliphatic rings. The molecule has 2 heterocycles. The first-order chi connectivity index (χ1) is 9.92. The standard InChI is InChI=1S/C14H19N5OS/c1-8(2)15-12(20)6-11-7-21-14(18-11)19-13-16-9(3)5-10(4)17-13/h5,7-8H,6H2,1-4H3,(H,15,20)(H,16,17,18,19). The van der Waals surface area contributed by atoms with Gasteiger partial charge < -0.3 is 10.6 Å². The number of thiazole rings is 1. The van der Waals surface area contributed by atoms with Crippen molar-refractivity contribution in [2.75, 3.05) is 5.32 Å². The molecule has 7 heteroatoms.